The first-order chi connectivity index (χ1) is 4.31. The van der Waals surface area contributed by atoms with E-state index in [9.17, 15) is 0 Å². The van der Waals surface area contributed by atoms with Crippen molar-refractivity contribution < 1.29 is 9.57 Å². The number of nitrogens with two attached hydrogens (primary N) is 1. The summed E-state index contributed by atoms with van der Waals surface area (Å²) in [4.78, 5) is 4.21. The van der Waals surface area contributed by atoms with Gasteiger partial charge in [-0.15, -0.1) is 0 Å². The smallest absolute Gasteiger partial charge is 0.166 e. The summed E-state index contributed by atoms with van der Waals surface area (Å²) in [6.07, 6.45) is 1.13. The summed E-state index contributed by atoms with van der Waals surface area (Å²) in [5, 5.41) is 0. The van der Waals surface area contributed by atoms with Crippen LogP contribution in [0.4, 0.5) is 0 Å². The van der Waals surface area contributed by atoms with Crippen LogP contribution in [-0.4, -0.2) is 13.4 Å². The fourth-order valence-electron chi connectivity index (χ4n) is 0.415. The van der Waals surface area contributed by atoms with E-state index in [0.717, 1.165) is 13.0 Å². The second kappa shape index (κ2) is 6.01. The molecule has 56 valence electrons. The first kappa shape index (κ1) is 8.88. The van der Waals surface area contributed by atoms with Gasteiger partial charge in [-0.2, -0.15) is 0 Å². The molecular formula is C6H15NO2. The minimum Gasteiger partial charge on any atom is -0.353 e. The molecule has 3 heteroatoms. The Morgan fingerprint density at radius 2 is 2.22 bits per heavy atom. The molecule has 0 radical (unpaired) electrons. The molecule has 0 saturated carbocycles. The van der Waals surface area contributed by atoms with Crippen LogP contribution in [0.3, 0.4) is 0 Å². The lowest BCUT2D eigenvalue weighted by atomic mass is 10.1. The van der Waals surface area contributed by atoms with Crippen LogP contribution in [0.15, 0.2) is 0 Å². The molecule has 0 aromatic carbocycles. The van der Waals surface area contributed by atoms with Gasteiger partial charge >= 0.3 is 0 Å². The normalized spacial score (nSPS) is 13.7. The molecule has 0 saturated heterocycles. The van der Waals surface area contributed by atoms with Gasteiger partial charge in [0, 0.05) is 0 Å². The summed E-state index contributed by atoms with van der Waals surface area (Å²) in [5.41, 5.74) is 0. The number of hydrogen-bond acceptors (Lipinski definition) is 3. The first-order valence-electron chi connectivity index (χ1n) is 3.20. The number of ether oxygens (including phenoxy) is 1. The average Bonchev–Trinajstić information content (AvgIpc) is 1.89. The first-order valence-corrected chi connectivity index (χ1v) is 3.20. The molecule has 0 aliphatic heterocycles. The maximum Gasteiger partial charge on any atom is 0.166 e. The van der Waals surface area contributed by atoms with E-state index in [4.69, 9.17) is 10.6 Å². The highest BCUT2D eigenvalue weighted by Gasteiger charge is 1.96. The van der Waals surface area contributed by atoms with Crippen molar-refractivity contribution >= 4 is 0 Å². The number of rotatable bonds is 5. The molecule has 0 heterocycles. The van der Waals surface area contributed by atoms with Crippen LogP contribution >= 0.6 is 0 Å². The van der Waals surface area contributed by atoms with Crippen LogP contribution in [0, 0.1) is 5.92 Å². The van der Waals surface area contributed by atoms with E-state index in [0.29, 0.717) is 5.92 Å². The fourth-order valence-corrected chi connectivity index (χ4v) is 0.415. The Bertz CT molecular complexity index is 59.0. The molecular weight excluding hydrogens is 118 g/mol. The van der Waals surface area contributed by atoms with E-state index in [-0.39, 0.29) is 6.79 Å². The monoisotopic (exact) mass is 133 g/mol. The largest absolute Gasteiger partial charge is 0.353 e. The Morgan fingerprint density at radius 3 is 2.67 bits per heavy atom. The van der Waals surface area contributed by atoms with E-state index < -0.39 is 0 Å². The van der Waals surface area contributed by atoms with Gasteiger partial charge in [-0.25, -0.2) is 5.90 Å². The molecule has 2 N–H and O–H groups in total. The third kappa shape index (κ3) is 5.76. The minimum absolute atomic E-state index is 0.199. The molecule has 0 aromatic heterocycles. The van der Waals surface area contributed by atoms with Crippen molar-refractivity contribution in [3.63, 3.8) is 0 Å². The maximum absolute atomic E-state index is 4.99. The van der Waals surface area contributed by atoms with Gasteiger partial charge in [0.15, 0.2) is 6.79 Å². The van der Waals surface area contributed by atoms with E-state index in [1.165, 1.54) is 0 Å². The zero-order chi connectivity index (χ0) is 7.11. The second-order valence-electron chi connectivity index (χ2n) is 2.17. The molecule has 0 rings (SSSR count). The fraction of sp³-hybridized carbons (Fsp3) is 1.00. The Balaban J connectivity index is 2.88. The van der Waals surface area contributed by atoms with Crippen molar-refractivity contribution in [2.45, 2.75) is 20.3 Å². The van der Waals surface area contributed by atoms with E-state index >= 15 is 0 Å². The summed E-state index contributed by atoms with van der Waals surface area (Å²) >= 11 is 0. The Hall–Kier alpha value is -0.120. The summed E-state index contributed by atoms with van der Waals surface area (Å²) in [6.45, 7) is 5.17. The maximum atomic E-state index is 4.99. The van der Waals surface area contributed by atoms with Crippen molar-refractivity contribution in [2.75, 3.05) is 13.4 Å². The van der Waals surface area contributed by atoms with Crippen molar-refractivity contribution in [1.29, 1.82) is 0 Å². The van der Waals surface area contributed by atoms with Crippen LogP contribution in [0.5, 0.6) is 0 Å². The van der Waals surface area contributed by atoms with Crippen LogP contribution in [0.2, 0.25) is 0 Å². The highest BCUT2D eigenvalue weighted by molar-refractivity contribution is 4.44. The molecule has 0 aliphatic rings. The molecule has 0 aliphatic carbocycles. The van der Waals surface area contributed by atoms with Crippen molar-refractivity contribution in [2.24, 2.45) is 11.8 Å². The van der Waals surface area contributed by atoms with Crippen LogP contribution in [0.25, 0.3) is 0 Å². The minimum atomic E-state index is 0.199. The second-order valence-corrected chi connectivity index (χ2v) is 2.17. The third-order valence-electron chi connectivity index (χ3n) is 1.25. The topological polar surface area (TPSA) is 44.5 Å². The van der Waals surface area contributed by atoms with Gasteiger partial charge in [-0.3, -0.25) is 4.84 Å². The van der Waals surface area contributed by atoms with Crippen molar-refractivity contribution in [3.05, 3.63) is 0 Å². The van der Waals surface area contributed by atoms with E-state index in [2.05, 4.69) is 18.7 Å². The van der Waals surface area contributed by atoms with Crippen molar-refractivity contribution in [1.82, 2.24) is 0 Å². The van der Waals surface area contributed by atoms with Gasteiger partial charge in [0.2, 0.25) is 0 Å². The lowest BCUT2D eigenvalue weighted by Crippen LogP contribution is -2.10. The molecule has 9 heavy (non-hydrogen) atoms. The Kier molecular flexibility index (Phi) is 5.93. The van der Waals surface area contributed by atoms with Gasteiger partial charge in [0.05, 0.1) is 6.61 Å². The van der Waals surface area contributed by atoms with Crippen LogP contribution < -0.4 is 5.90 Å². The van der Waals surface area contributed by atoms with Gasteiger partial charge in [-0.05, 0) is 5.92 Å². The molecule has 0 spiro atoms. The molecule has 1 atom stereocenters. The predicted molar refractivity (Wildman–Crippen MR) is 35.5 cm³/mol. The zero-order valence-corrected chi connectivity index (χ0v) is 6.09. The number of hydrogen-bond donors (Lipinski definition) is 1. The Morgan fingerprint density at radius 1 is 1.56 bits per heavy atom. The van der Waals surface area contributed by atoms with Gasteiger partial charge in [0.1, 0.15) is 0 Å². The third-order valence-corrected chi connectivity index (χ3v) is 1.25. The summed E-state index contributed by atoms with van der Waals surface area (Å²) in [7, 11) is 0. The predicted octanol–water partition coefficient (Wildman–Crippen LogP) is 0.897. The molecule has 3 nitrogen and oxygen atoms in total. The summed E-state index contributed by atoms with van der Waals surface area (Å²) < 4.78 is 4.99. The van der Waals surface area contributed by atoms with Crippen LogP contribution in [-0.2, 0) is 9.57 Å². The average molecular weight is 133 g/mol. The summed E-state index contributed by atoms with van der Waals surface area (Å²) in [6, 6.07) is 0. The quantitative estimate of drug-likeness (QED) is 0.344. The van der Waals surface area contributed by atoms with E-state index in [1.54, 1.807) is 0 Å². The lowest BCUT2D eigenvalue weighted by molar-refractivity contribution is -0.0648. The van der Waals surface area contributed by atoms with Crippen molar-refractivity contribution in [3.8, 4) is 0 Å². The van der Waals surface area contributed by atoms with Gasteiger partial charge < -0.3 is 4.74 Å². The lowest BCUT2D eigenvalue weighted by Gasteiger charge is -2.06. The Labute approximate surface area is 56.1 Å². The standard InChI is InChI=1S/C6H15NO2/c1-3-6(2)4-8-5-9-7/h6H,3-5,7H2,1-2H3. The molecule has 0 bridgehead atoms. The van der Waals surface area contributed by atoms with Gasteiger partial charge in [0.25, 0.3) is 0 Å². The summed E-state index contributed by atoms with van der Waals surface area (Å²) in [5.74, 6) is 5.33. The molecule has 1 unspecified atom stereocenters. The highest BCUT2D eigenvalue weighted by Crippen LogP contribution is 1.99. The zero-order valence-electron chi connectivity index (χ0n) is 6.09. The highest BCUT2D eigenvalue weighted by atomic mass is 16.7. The van der Waals surface area contributed by atoms with Gasteiger partial charge in [-0.1, -0.05) is 20.3 Å². The molecule has 0 fully saturated rings. The SMILES string of the molecule is CCC(C)COCON. The molecule has 0 amide bonds. The van der Waals surface area contributed by atoms with E-state index in [1.807, 2.05) is 0 Å². The van der Waals surface area contributed by atoms with Crippen LogP contribution in [0.1, 0.15) is 20.3 Å². The molecule has 0 aromatic rings.